The van der Waals surface area contributed by atoms with E-state index in [-0.39, 0.29) is 0 Å². The molecule has 0 spiro atoms. The summed E-state index contributed by atoms with van der Waals surface area (Å²) in [6.07, 6.45) is 23.5. The van der Waals surface area contributed by atoms with Crippen LogP contribution in [0.25, 0.3) is 62.9 Å². The molecule has 0 saturated carbocycles. The van der Waals surface area contributed by atoms with E-state index in [0.717, 1.165) is 45.1 Å². The fourth-order valence-corrected chi connectivity index (χ4v) is 7.22. The molecule has 0 unspecified atom stereocenters. The van der Waals surface area contributed by atoms with E-state index in [2.05, 4.69) is 115 Å². The lowest BCUT2D eigenvalue weighted by atomic mass is 9.82. The van der Waals surface area contributed by atoms with E-state index in [1.54, 1.807) is 0 Å². The van der Waals surface area contributed by atoms with Crippen LogP contribution in [0.3, 0.4) is 0 Å². The summed E-state index contributed by atoms with van der Waals surface area (Å²) in [5.74, 6) is 0. The first kappa shape index (κ1) is 23.5. The highest BCUT2D eigenvalue weighted by molar-refractivity contribution is 6.06. The standard InChI is InChI=1S/C39H33N/c1-2-14-30-26(10-1)11-7-19-31(30)27-21-23-28(24-22-27)37-32-15-3-5-17-34(32)38(35-18-6-4-16-33(35)37)36-20-8-12-29-13-9-25-40-39(29)36/h3,5,7,9-11,13-24,40H,1-2,4,6,8,12,25H2. The van der Waals surface area contributed by atoms with Crippen molar-refractivity contribution < 1.29 is 0 Å². The molecule has 4 aliphatic rings. The molecule has 1 heteroatoms. The van der Waals surface area contributed by atoms with Crippen LogP contribution in [0.5, 0.6) is 0 Å². The van der Waals surface area contributed by atoms with Crippen LogP contribution in [0.2, 0.25) is 0 Å². The van der Waals surface area contributed by atoms with Gasteiger partial charge in [-0.15, -0.1) is 0 Å². The lowest BCUT2D eigenvalue weighted by Crippen LogP contribution is -2.34. The molecule has 0 fully saturated rings. The Hall–Kier alpha value is -4.36. The summed E-state index contributed by atoms with van der Waals surface area (Å²) in [6, 6.07) is 25.1. The molecule has 4 aromatic carbocycles. The maximum absolute atomic E-state index is 3.73. The van der Waals surface area contributed by atoms with Gasteiger partial charge >= 0.3 is 0 Å². The number of hydrogen-bond donors (Lipinski definition) is 1. The van der Waals surface area contributed by atoms with Gasteiger partial charge in [-0.3, -0.25) is 0 Å². The van der Waals surface area contributed by atoms with E-state index in [1.807, 2.05) is 0 Å². The van der Waals surface area contributed by atoms with Crippen molar-refractivity contribution >= 4 is 40.6 Å². The lowest BCUT2D eigenvalue weighted by Gasteiger charge is -2.27. The van der Waals surface area contributed by atoms with Gasteiger partial charge in [0.25, 0.3) is 0 Å². The van der Waals surface area contributed by atoms with Crippen molar-refractivity contribution in [1.82, 2.24) is 5.32 Å². The molecular weight excluding hydrogens is 482 g/mol. The Morgan fingerprint density at radius 3 is 2.08 bits per heavy atom. The van der Waals surface area contributed by atoms with Gasteiger partial charge in [-0.1, -0.05) is 109 Å². The second-order valence-corrected chi connectivity index (χ2v) is 11.3. The van der Waals surface area contributed by atoms with Crippen LogP contribution in [0.1, 0.15) is 44.1 Å². The van der Waals surface area contributed by atoms with Crippen LogP contribution in [0, 0.1) is 0 Å². The summed E-state index contributed by atoms with van der Waals surface area (Å²) >= 11 is 0. The molecule has 0 saturated heterocycles. The van der Waals surface area contributed by atoms with Crippen molar-refractivity contribution in [3.63, 3.8) is 0 Å². The molecule has 0 radical (unpaired) electrons. The fourth-order valence-electron chi connectivity index (χ4n) is 7.22. The molecule has 1 aliphatic heterocycles. The van der Waals surface area contributed by atoms with Gasteiger partial charge in [-0.2, -0.15) is 0 Å². The first-order chi connectivity index (χ1) is 19.9. The van der Waals surface area contributed by atoms with Gasteiger partial charge in [0.2, 0.25) is 0 Å². The predicted octanol–water partition coefficient (Wildman–Crippen LogP) is 6.47. The molecule has 40 heavy (non-hydrogen) atoms. The van der Waals surface area contributed by atoms with E-state index in [4.69, 9.17) is 0 Å². The second-order valence-electron chi connectivity index (χ2n) is 11.3. The number of benzene rings is 4. The summed E-state index contributed by atoms with van der Waals surface area (Å²) < 4.78 is 0. The molecule has 0 aromatic heterocycles. The summed E-state index contributed by atoms with van der Waals surface area (Å²) in [6.45, 7) is 0.900. The Kier molecular flexibility index (Phi) is 5.69. The predicted molar refractivity (Wildman–Crippen MR) is 171 cm³/mol. The third-order valence-electron chi connectivity index (χ3n) is 9.00. The fraction of sp³-hybridized carbons (Fsp3) is 0.179. The highest BCUT2D eigenvalue weighted by Gasteiger charge is 2.23. The van der Waals surface area contributed by atoms with Gasteiger partial charge in [-0.25, -0.2) is 0 Å². The molecule has 194 valence electrons. The van der Waals surface area contributed by atoms with Crippen LogP contribution in [-0.2, 0) is 0 Å². The maximum atomic E-state index is 3.73. The van der Waals surface area contributed by atoms with Gasteiger partial charge in [0.05, 0.1) is 0 Å². The molecule has 4 aromatic rings. The Morgan fingerprint density at radius 1 is 0.550 bits per heavy atom. The van der Waals surface area contributed by atoms with Crippen molar-refractivity contribution in [1.29, 1.82) is 0 Å². The van der Waals surface area contributed by atoms with E-state index in [9.17, 15) is 0 Å². The van der Waals surface area contributed by atoms with E-state index in [1.165, 1.54) is 76.3 Å². The van der Waals surface area contributed by atoms with Crippen LogP contribution in [0.4, 0.5) is 0 Å². The minimum absolute atomic E-state index is 0.900. The van der Waals surface area contributed by atoms with Crippen molar-refractivity contribution in [3.8, 4) is 22.3 Å². The zero-order chi connectivity index (χ0) is 26.5. The van der Waals surface area contributed by atoms with E-state index in [0.29, 0.717) is 0 Å². The minimum atomic E-state index is 0.900. The molecule has 1 heterocycles. The highest BCUT2D eigenvalue weighted by Crippen LogP contribution is 2.37. The summed E-state index contributed by atoms with van der Waals surface area (Å²) in [5, 5.41) is 12.0. The van der Waals surface area contributed by atoms with Crippen LogP contribution >= 0.6 is 0 Å². The third kappa shape index (κ3) is 3.76. The Labute approximate surface area is 235 Å². The Morgan fingerprint density at radius 2 is 1.25 bits per heavy atom. The highest BCUT2D eigenvalue weighted by atomic mass is 14.9. The number of hydrogen-bond acceptors (Lipinski definition) is 1. The number of dihydropyridines is 1. The maximum Gasteiger partial charge on any atom is 0.0452 e. The number of nitrogens with one attached hydrogen (secondary N) is 1. The van der Waals surface area contributed by atoms with Gasteiger partial charge in [0.1, 0.15) is 0 Å². The molecule has 3 aliphatic carbocycles. The van der Waals surface area contributed by atoms with E-state index >= 15 is 0 Å². The van der Waals surface area contributed by atoms with Crippen molar-refractivity contribution in [2.24, 2.45) is 0 Å². The Balaban J connectivity index is 1.35. The number of fused-ring (bicyclic) bond motifs is 3. The van der Waals surface area contributed by atoms with Crippen molar-refractivity contribution in [3.05, 3.63) is 123 Å². The topological polar surface area (TPSA) is 12.0 Å². The second kappa shape index (κ2) is 9.68. The first-order valence-electron chi connectivity index (χ1n) is 14.9. The molecular formula is C39H33N. The molecule has 8 rings (SSSR count). The number of allylic oxidation sites excluding steroid dienone is 4. The average Bonchev–Trinajstić information content (AvgIpc) is 3.03. The number of rotatable bonds is 3. The van der Waals surface area contributed by atoms with Gasteiger partial charge in [0.15, 0.2) is 0 Å². The zero-order valence-electron chi connectivity index (χ0n) is 22.8. The average molecular weight is 516 g/mol. The molecule has 0 bridgehead atoms. The lowest BCUT2D eigenvalue weighted by molar-refractivity contribution is 0.851. The molecule has 0 atom stereocenters. The monoisotopic (exact) mass is 515 g/mol. The largest absolute Gasteiger partial charge is 0.381 e. The first-order valence-corrected chi connectivity index (χ1v) is 14.9. The van der Waals surface area contributed by atoms with E-state index < -0.39 is 0 Å². The van der Waals surface area contributed by atoms with Crippen LogP contribution < -0.4 is 26.2 Å². The zero-order valence-corrected chi connectivity index (χ0v) is 22.8. The molecule has 0 amide bonds. The SMILES string of the molecule is C1=CC2=C(NC1)C(c1c3c(c(-c4ccc(-c5cccc6c5=CCCC=6)cc4)c4ccccc14)=CCCC=3)=CCC2. The van der Waals surface area contributed by atoms with Crippen LogP contribution in [-0.4, -0.2) is 6.54 Å². The van der Waals surface area contributed by atoms with Gasteiger partial charge < -0.3 is 5.32 Å². The Bertz CT molecular complexity index is 2030. The molecule has 1 N–H and O–H groups in total. The third-order valence-corrected chi connectivity index (χ3v) is 9.00. The summed E-state index contributed by atoms with van der Waals surface area (Å²) in [4.78, 5) is 0. The van der Waals surface area contributed by atoms with Crippen LogP contribution in [0.15, 0.2) is 96.2 Å². The normalized spacial score (nSPS) is 17.2. The minimum Gasteiger partial charge on any atom is -0.381 e. The van der Waals surface area contributed by atoms with Gasteiger partial charge in [0, 0.05) is 17.8 Å². The summed E-state index contributed by atoms with van der Waals surface area (Å²) in [5.41, 5.74) is 10.9. The summed E-state index contributed by atoms with van der Waals surface area (Å²) in [7, 11) is 0. The smallest absolute Gasteiger partial charge is 0.0452 e. The van der Waals surface area contributed by atoms with Gasteiger partial charge in [-0.05, 0) is 104 Å². The van der Waals surface area contributed by atoms with Crippen molar-refractivity contribution in [2.75, 3.05) is 6.54 Å². The molecule has 1 nitrogen and oxygen atoms in total. The van der Waals surface area contributed by atoms with Crippen molar-refractivity contribution in [2.45, 2.75) is 38.5 Å². The quantitative estimate of drug-likeness (QED) is 0.330.